The highest BCUT2D eigenvalue weighted by Gasteiger charge is 2.32. The monoisotopic (exact) mass is 221 g/mol. The molecule has 1 aliphatic heterocycles. The summed E-state index contributed by atoms with van der Waals surface area (Å²) in [5, 5.41) is 2.02. The Labute approximate surface area is 81.8 Å². The van der Waals surface area contributed by atoms with Crippen LogP contribution in [0, 0.1) is 0 Å². The molecule has 0 aliphatic carbocycles. The molecule has 0 atom stereocenters. The van der Waals surface area contributed by atoms with Crippen molar-refractivity contribution in [2.45, 2.75) is 0 Å². The number of carbonyl (C=O) groups is 2. The fourth-order valence-corrected chi connectivity index (χ4v) is 2.03. The summed E-state index contributed by atoms with van der Waals surface area (Å²) < 4.78 is 24.8. The van der Waals surface area contributed by atoms with Gasteiger partial charge in [-0.25, -0.2) is 0 Å². The van der Waals surface area contributed by atoms with Crippen LogP contribution < -0.4 is 5.32 Å². The molecule has 0 aromatic carbocycles. The van der Waals surface area contributed by atoms with E-state index in [2.05, 4.69) is 0 Å². The average molecular weight is 221 g/mol. The minimum Gasteiger partial charge on any atom is -0.294 e. The SMILES string of the molecule is CN(C)S(=O)(=O)N1CC(=O)NC(=O)C1. The van der Waals surface area contributed by atoms with E-state index in [-0.39, 0.29) is 13.1 Å². The maximum atomic E-state index is 11.5. The number of amides is 2. The van der Waals surface area contributed by atoms with E-state index >= 15 is 0 Å². The average Bonchev–Trinajstić information content (AvgIpc) is 2.01. The van der Waals surface area contributed by atoms with Gasteiger partial charge in [0.2, 0.25) is 11.8 Å². The van der Waals surface area contributed by atoms with Gasteiger partial charge in [0, 0.05) is 14.1 Å². The Morgan fingerprint density at radius 1 is 1.21 bits per heavy atom. The van der Waals surface area contributed by atoms with Crippen LogP contribution in [0.3, 0.4) is 0 Å². The van der Waals surface area contributed by atoms with Gasteiger partial charge in [0.05, 0.1) is 13.1 Å². The largest absolute Gasteiger partial charge is 0.294 e. The number of hydrogen-bond donors (Lipinski definition) is 1. The molecule has 1 saturated heterocycles. The summed E-state index contributed by atoms with van der Waals surface area (Å²) in [6, 6.07) is 0. The Kier molecular flexibility index (Phi) is 2.88. The molecule has 2 amide bonds. The molecule has 14 heavy (non-hydrogen) atoms. The molecule has 1 heterocycles. The van der Waals surface area contributed by atoms with Crippen molar-refractivity contribution < 1.29 is 18.0 Å². The van der Waals surface area contributed by atoms with Crippen LogP contribution in [0.2, 0.25) is 0 Å². The van der Waals surface area contributed by atoms with E-state index in [1.54, 1.807) is 0 Å². The van der Waals surface area contributed by atoms with Crippen molar-refractivity contribution in [3.63, 3.8) is 0 Å². The zero-order valence-corrected chi connectivity index (χ0v) is 8.67. The van der Waals surface area contributed by atoms with Crippen LogP contribution in [-0.2, 0) is 19.8 Å². The number of nitrogens with zero attached hydrogens (tertiary/aromatic N) is 2. The van der Waals surface area contributed by atoms with Gasteiger partial charge in [0.25, 0.3) is 10.2 Å². The van der Waals surface area contributed by atoms with Crippen LogP contribution in [0.5, 0.6) is 0 Å². The third-order valence-corrected chi connectivity index (χ3v) is 3.54. The molecule has 0 aromatic heterocycles. The van der Waals surface area contributed by atoms with Gasteiger partial charge in [0.1, 0.15) is 0 Å². The Bertz CT molecular complexity index is 345. The van der Waals surface area contributed by atoms with Gasteiger partial charge in [-0.15, -0.1) is 0 Å². The Morgan fingerprint density at radius 3 is 2.00 bits per heavy atom. The first kappa shape index (κ1) is 11.1. The highest BCUT2D eigenvalue weighted by atomic mass is 32.2. The van der Waals surface area contributed by atoms with E-state index in [1.165, 1.54) is 14.1 Å². The van der Waals surface area contributed by atoms with Crippen molar-refractivity contribution in [2.75, 3.05) is 27.2 Å². The number of nitrogens with one attached hydrogen (secondary N) is 1. The predicted octanol–water partition coefficient (Wildman–Crippen LogP) is -2.25. The van der Waals surface area contributed by atoms with Crippen LogP contribution >= 0.6 is 0 Å². The first-order valence-corrected chi connectivity index (χ1v) is 5.24. The number of rotatable bonds is 2. The number of hydrogen-bond acceptors (Lipinski definition) is 4. The van der Waals surface area contributed by atoms with Crippen LogP contribution in [0.1, 0.15) is 0 Å². The van der Waals surface area contributed by atoms with Gasteiger partial charge in [0.15, 0.2) is 0 Å². The van der Waals surface area contributed by atoms with Gasteiger partial charge in [-0.2, -0.15) is 17.0 Å². The molecule has 1 aliphatic rings. The summed E-state index contributed by atoms with van der Waals surface area (Å²) in [4.78, 5) is 21.8. The minimum absolute atomic E-state index is 0.313. The third-order valence-electron chi connectivity index (χ3n) is 1.71. The van der Waals surface area contributed by atoms with Crippen LogP contribution in [0.25, 0.3) is 0 Å². The van der Waals surface area contributed by atoms with E-state index in [0.29, 0.717) is 0 Å². The van der Waals surface area contributed by atoms with E-state index in [1.807, 2.05) is 5.32 Å². The lowest BCUT2D eigenvalue weighted by Gasteiger charge is -2.27. The fraction of sp³-hybridized carbons (Fsp3) is 0.667. The van der Waals surface area contributed by atoms with Gasteiger partial charge < -0.3 is 0 Å². The molecule has 0 saturated carbocycles. The van der Waals surface area contributed by atoms with Crippen molar-refractivity contribution in [1.82, 2.24) is 13.9 Å². The number of carbonyl (C=O) groups excluding carboxylic acids is 2. The summed E-state index contributed by atoms with van der Waals surface area (Å²) in [7, 11) is -1.00. The predicted molar refractivity (Wildman–Crippen MR) is 47.3 cm³/mol. The quantitative estimate of drug-likeness (QED) is 0.534. The highest BCUT2D eigenvalue weighted by Crippen LogP contribution is 2.05. The van der Waals surface area contributed by atoms with Crippen molar-refractivity contribution in [1.29, 1.82) is 0 Å². The van der Waals surface area contributed by atoms with Crippen LogP contribution in [0.15, 0.2) is 0 Å². The molecule has 1 N–H and O–H groups in total. The first-order chi connectivity index (χ1) is 6.34. The van der Waals surface area contributed by atoms with Crippen LogP contribution in [0.4, 0.5) is 0 Å². The summed E-state index contributed by atoms with van der Waals surface area (Å²) in [5.41, 5.74) is 0. The summed E-state index contributed by atoms with van der Waals surface area (Å²) >= 11 is 0. The molecular weight excluding hydrogens is 210 g/mol. The maximum Gasteiger partial charge on any atom is 0.282 e. The Hall–Kier alpha value is -0.990. The van der Waals surface area contributed by atoms with Gasteiger partial charge in [-0.1, -0.05) is 0 Å². The normalized spacial score (nSPS) is 19.9. The zero-order chi connectivity index (χ0) is 10.9. The second-order valence-electron chi connectivity index (χ2n) is 3.03. The standard InChI is InChI=1S/C6H11N3O4S/c1-8(2)14(12,13)9-3-5(10)7-6(11)4-9/h3-4H2,1-2H3,(H,7,10,11). The zero-order valence-electron chi connectivity index (χ0n) is 7.85. The van der Waals surface area contributed by atoms with Gasteiger partial charge in [-0.3, -0.25) is 14.9 Å². The highest BCUT2D eigenvalue weighted by molar-refractivity contribution is 7.86. The van der Waals surface area contributed by atoms with Crippen molar-refractivity contribution >= 4 is 22.0 Å². The summed E-state index contributed by atoms with van der Waals surface area (Å²) in [6.45, 7) is -0.626. The number of imide groups is 1. The first-order valence-electron chi connectivity index (χ1n) is 3.84. The van der Waals surface area contributed by atoms with Crippen molar-refractivity contribution in [3.8, 4) is 0 Å². The van der Waals surface area contributed by atoms with Crippen LogP contribution in [-0.4, -0.2) is 56.0 Å². The molecule has 7 nitrogen and oxygen atoms in total. The third kappa shape index (κ3) is 2.08. The minimum atomic E-state index is -3.68. The molecule has 0 spiro atoms. The summed E-state index contributed by atoms with van der Waals surface area (Å²) in [5.74, 6) is -1.21. The second-order valence-corrected chi connectivity index (χ2v) is 5.17. The Morgan fingerprint density at radius 2 is 1.64 bits per heavy atom. The molecule has 80 valence electrons. The number of piperazine rings is 1. The van der Waals surface area contributed by atoms with Gasteiger partial charge in [-0.05, 0) is 0 Å². The molecular formula is C6H11N3O4S. The van der Waals surface area contributed by atoms with E-state index in [4.69, 9.17) is 0 Å². The molecule has 8 heteroatoms. The van der Waals surface area contributed by atoms with E-state index in [0.717, 1.165) is 8.61 Å². The topological polar surface area (TPSA) is 86.8 Å². The molecule has 1 fully saturated rings. The lowest BCUT2D eigenvalue weighted by molar-refractivity contribution is -0.134. The maximum absolute atomic E-state index is 11.5. The fourth-order valence-electron chi connectivity index (χ4n) is 1.00. The molecule has 0 radical (unpaired) electrons. The summed E-state index contributed by atoms with van der Waals surface area (Å²) in [6.07, 6.45) is 0. The lowest BCUT2D eigenvalue weighted by Crippen LogP contribution is -2.55. The molecule has 0 aromatic rings. The Balaban J connectivity index is 2.89. The smallest absolute Gasteiger partial charge is 0.282 e. The molecule has 1 rings (SSSR count). The second kappa shape index (κ2) is 3.64. The molecule has 0 bridgehead atoms. The van der Waals surface area contributed by atoms with Crippen molar-refractivity contribution in [3.05, 3.63) is 0 Å². The van der Waals surface area contributed by atoms with E-state index in [9.17, 15) is 18.0 Å². The molecule has 0 unspecified atom stereocenters. The lowest BCUT2D eigenvalue weighted by atomic mass is 10.4. The van der Waals surface area contributed by atoms with E-state index < -0.39 is 22.0 Å². The van der Waals surface area contributed by atoms with Crippen molar-refractivity contribution in [2.24, 2.45) is 0 Å². The van der Waals surface area contributed by atoms with Gasteiger partial charge >= 0.3 is 0 Å².